The molecule has 4 aromatic rings. The van der Waals surface area contributed by atoms with Gasteiger partial charge in [-0.3, -0.25) is 34.2 Å². The van der Waals surface area contributed by atoms with Gasteiger partial charge in [-0.05, 0) is 54.2 Å². The fourth-order valence-corrected chi connectivity index (χ4v) is 8.49. The molecule has 0 saturated carbocycles. The summed E-state index contributed by atoms with van der Waals surface area (Å²) >= 11 is 4.62. The number of aromatic nitrogens is 2. The predicted molar refractivity (Wildman–Crippen MR) is 212 cm³/mol. The van der Waals surface area contributed by atoms with Crippen LogP contribution in [0.1, 0.15) is 84.4 Å². The molecule has 0 radical (unpaired) electrons. The molecule has 0 spiro atoms. The molecule has 2 unspecified atom stereocenters. The number of likely N-dealkylation sites (tertiary alicyclic amines) is 1. The van der Waals surface area contributed by atoms with Crippen molar-refractivity contribution in [2.75, 3.05) is 32.6 Å². The van der Waals surface area contributed by atoms with Crippen molar-refractivity contribution in [2.45, 2.75) is 62.4 Å². The lowest BCUT2D eigenvalue weighted by molar-refractivity contribution is -0.139. The molecule has 8 rings (SSSR count). The van der Waals surface area contributed by atoms with E-state index in [0.717, 1.165) is 17.7 Å². The zero-order valence-corrected chi connectivity index (χ0v) is 33.5. The Morgan fingerprint density at radius 2 is 1.79 bits per heavy atom. The molecule has 2 atom stereocenters. The average molecular weight is 863 g/mol. The van der Waals surface area contributed by atoms with Gasteiger partial charge in [-0.25, -0.2) is 9.37 Å². The molecule has 0 bridgehead atoms. The number of methoxy groups -OCH3 is 1. The molecule has 2 saturated heterocycles. The van der Waals surface area contributed by atoms with E-state index in [2.05, 4.69) is 43.4 Å². The number of alkyl halides is 3. The van der Waals surface area contributed by atoms with Crippen LogP contribution in [0.15, 0.2) is 54.7 Å². The van der Waals surface area contributed by atoms with Crippen LogP contribution >= 0.6 is 12.6 Å². The van der Waals surface area contributed by atoms with Gasteiger partial charge >= 0.3 is 6.18 Å². The van der Waals surface area contributed by atoms with Gasteiger partial charge in [-0.2, -0.15) is 18.2 Å². The van der Waals surface area contributed by atoms with Gasteiger partial charge in [0.1, 0.15) is 34.3 Å². The molecule has 1 aromatic heterocycles. The largest absolute Gasteiger partial charge is 0.495 e. The maximum Gasteiger partial charge on any atom is 0.423 e. The van der Waals surface area contributed by atoms with Gasteiger partial charge < -0.3 is 29.9 Å². The Morgan fingerprint density at radius 1 is 1.02 bits per heavy atom. The van der Waals surface area contributed by atoms with Crippen LogP contribution in [0.3, 0.4) is 0 Å². The summed E-state index contributed by atoms with van der Waals surface area (Å²) in [7, 11) is 2.82. The highest BCUT2D eigenvalue weighted by atomic mass is 32.1. The molecule has 0 aliphatic carbocycles. The zero-order valence-electron chi connectivity index (χ0n) is 32.6. The van der Waals surface area contributed by atoms with Crippen LogP contribution in [0, 0.1) is 5.82 Å². The lowest BCUT2D eigenvalue weighted by Gasteiger charge is -2.32. The molecule has 4 aliphatic heterocycles. The number of rotatable bonds is 10. The van der Waals surface area contributed by atoms with Crippen molar-refractivity contribution < 1.29 is 51.0 Å². The summed E-state index contributed by atoms with van der Waals surface area (Å²) in [6.45, 7) is 1.94. The van der Waals surface area contributed by atoms with E-state index < -0.39 is 58.5 Å². The van der Waals surface area contributed by atoms with Crippen molar-refractivity contribution >= 4 is 53.8 Å². The van der Waals surface area contributed by atoms with Crippen molar-refractivity contribution in [1.29, 1.82) is 0 Å². The first-order chi connectivity index (χ1) is 29.1. The molecular weight excluding hydrogens is 825 g/mol. The number of ether oxygens (including phenoxy) is 2. The molecule has 5 amide bonds. The minimum Gasteiger partial charge on any atom is -0.495 e. The molecule has 15 nitrogen and oxygen atoms in total. The fraction of sp³-hybridized carbons (Fsp3) is 0.341. The summed E-state index contributed by atoms with van der Waals surface area (Å²) in [5.41, 5.74) is 0.963. The summed E-state index contributed by atoms with van der Waals surface area (Å²) < 4.78 is 68.7. The Kier molecular flexibility index (Phi) is 11.1. The molecule has 61 heavy (non-hydrogen) atoms. The Hall–Kier alpha value is -6.28. The number of piperidine rings is 2. The number of hydrogen-bond donors (Lipinski definition) is 4. The van der Waals surface area contributed by atoms with E-state index in [9.17, 15) is 37.1 Å². The van der Waals surface area contributed by atoms with Crippen LogP contribution in [-0.4, -0.2) is 93.5 Å². The molecule has 3 aromatic carbocycles. The standard InChI is InChI=1S/C41H38F4N8O7S/c1-51-19-21-4-3-5-30(33(21)38(51)58)60-36-26(41(43,44)45)17-46-40(50-36)48-28-16-27(42)25(15-31(28)59-2)34(55)47-22-10-12-52(13-11-22)18-20-6-7-23-24(14-20)37(57)53(39(23)61)29-8-9-32(54)49-35(29)56/h3-7,14-17,22,29,39,61H,8-13,18-19H2,1-2H3,(H,47,55)(H,46,48,50)(H,49,54,56). The van der Waals surface area contributed by atoms with Gasteiger partial charge in [0.05, 0.1) is 23.9 Å². The van der Waals surface area contributed by atoms with Crippen LogP contribution in [0.25, 0.3) is 0 Å². The molecular formula is C41H38F4N8O7S. The summed E-state index contributed by atoms with van der Waals surface area (Å²) in [4.78, 5) is 76.4. The summed E-state index contributed by atoms with van der Waals surface area (Å²) in [5, 5.41) is 7.19. The minimum absolute atomic E-state index is 0.0286. The SMILES string of the molecule is COc1cc(C(=O)NC2CCN(Cc3ccc4c(c3)C(=O)N(C3CCC(=O)NC3=O)C4S)CC2)c(F)cc1Nc1ncc(C(F)(F)F)c(Oc2cccc3c2C(=O)N(C)C3)n1. The third-order valence-corrected chi connectivity index (χ3v) is 11.7. The minimum atomic E-state index is -4.92. The van der Waals surface area contributed by atoms with Crippen molar-refractivity contribution in [3.63, 3.8) is 0 Å². The lowest BCUT2D eigenvalue weighted by atomic mass is 10.0. The quantitative estimate of drug-likeness (QED) is 0.0920. The first-order valence-corrected chi connectivity index (χ1v) is 19.8. The van der Waals surface area contributed by atoms with Crippen LogP contribution in [-0.2, 0) is 28.9 Å². The highest BCUT2D eigenvalue weighted by Gasteiger charge is 2.44. The number of benzene rings is 3. The molecule has 318 valence electrons. The Labute approximate surface area is 351 Å². The summed E-state index contributed by atoms with van der Waals surface area (Å²) in [6.07, 6.45) is -2.97. The van der Waals surface area contributed by atoms with Crippen molar-refractivity contribution in [2.24, 2.45) is 0 Å². The van der Waals surface area contributed by atoms with Gasteiger partial charge in [0.15, 0.2) is 0 Å². The van der Waals surface area contributed by atoms with Crippen LogP contribution in [0.5, 0.6) is 17.4 Å². The zero-order chi connectivity index (χ0) is 43.3. The number of anilines is 2. The number of hydrogen-bond acceptors (Lipinski definition) is 12. The molecule has 4 aliphatic rings. The topological polar surface area (TPSA) is 175 Å². The van der Waals surface area contributed by atoms with E-state index in [1.807, 2.05) is 12.1 Å². The monoisotopic (exact) mass is 862 g/mol. The summed E-state index contributed by atoms with van der Waals surface area (Å²) in [6, 6.07) is 11.1. The normalized spacial score (nSPS) is 19.5. The van der Waals surface area contributed by atoms with Crippen LogP contribution in [0.2, 0.25) is 0 Å². The Morgan fingerprint density at radius 3 is 2.51 bits per heavy atom. The van der Waals surface area contributed by atoms with E-state index in [-0.39, 0.29) is 65.6 Å². The maximum absolute atomic E-state index is 15.6. The first-order valence-electron chi connectivity index (χ1n) is 19.2. The highest BCUT2D eigenvalue weighted by Crippen LogP contribution is 2.42. The Bertz CT molecular complexity index is 2480. The van der Waals surface area contributed by atoms with E-state index in [0.29, 0.717) is 55.4 Å². The number of fused-ring (bicyclic) bond motifs is 2. The van der Waals surface area contributed by atoms with E-state index >= 15 is 4.39 Å². The Balaban J connectivity index is 0.902. The third-order valence-electron chi connectivity index (χ3n) is 11.1. The highest BCUT2D eigenvalue weighted by molar-refractivity contribution is 7.80. The van der Waals surface area contributed by atoms with E-state index in [1.165, 1.54) is 23.0 Å². The number of halogens is 4. The maximum atomic E-state index is 15.6. The van der Waals surface area contributed by atoms with Crippen molar-refractivity contribution in [1.82, 2.24) is 35.3 Å². The number of amides is 5. The number of nitrogens with one attached hydrogen (secondary N) is 3. The predicted octanol–water partition coefficient (Wildman–Crippen LogP) is 5.35. The number of imide groups is 1. The molecule has 5 heterocycles. The van der Waals surface area contributed by atoms with E-state index in [4.69, 9.17) is 9.47 Å². The number of thiol groups is 1. The number of carbonyl (C=O) groups is 5. The smallest absolute Gasteiger partial charge is 0.423 e. The van der Waals surface area contributed by atoms with Crippen LogP contribution in [0.4, 0.5) is 29.2 Å². The number of nitrogens with zero attached hydrogens (tertiary/aromatic N) is 5. The van der Waals surface area contributed by atoms with Gasteiger partial charge in [0.2, 0.25) is 23.6 Å². The van der Waals surface area contributed by atoms with Crippen molar-refractivity contribution in [3.05, 3.63) is 99.5 Å². The average Bonchev–Trinajstić information content (AvgIpc) is 3.64. The first kappa shape index (κ1) is 41.5. The molecule has 3 N–H and O–H groups in total. The van der Waals surface area contributed by atoms with E-state index in [1.54, 1.807) is 25.2 Å². The second-order valence-electron chi connectivity index (χ2n) is 15.1. The second-order valence-corrected chi connectivity index (χ2v) is 15.6. The van der Waals surface area contributed by atoms with Gasteiger partial charge in [-0.15, -0.1) is 12.6 Å². The summed E-state index contributed by atoms with van der Waals surface area (Å²) in [5.74, 6) is -4.75. The molecule has 20 heteroatoms. The second kappa shape index (κ2) is 16.3. The van der Waals surface area contributed by atoms with Crippen LogP contribution < -0.4 is 25.4 Å². The fourth-order valence-electron chi connectivity index (χ4n) is 8.00. The van der Waals surface area contributed by atoms with Gasteiger partial charge in [0.25, 0.3) is 17.7 Å². The van der Waals surface area contributed by atoms with Gasteiger partial charge in [0, 0.05) is 63.5 Å². The third kappa shape index (κ3) is 8.16. The lowest BCUT2D eigenvalue weighted by Crippen LogP contribution is -2.53. The van der Waals surface area contributed by atoms with Gasteiger partial charge in [-0.1, -0.05) is 24.3 Å². The molecule has 2 fully saturated rings. The number of carbonyl (C=O) groups excluding carboxylic acids is 5. The van der Waals surface area contributed by atoms with Crippen molar-refractivity contribution in [3.8, 4) is 17.4 Å².